The van der Waals surface area contributed by atoms with Crippen molar-refractivity contribution >= 4 is 11.8 Å². The van der Waals surface area contributed by atoms with Crippen LogP contribution >= 0.6 is 0 Å². The summed E-state index contributed by atoms with van der Waals surface area (Å²) in [6.45, 7) is 1.69. The average molecular weight is 235 g/mol. The van der Waals surface area contributed by atoms with Crippen LogP contribution in [0.2, 0.25) is 0 Å². The number of aromatic carboxylic acids is 1. The molecule has 6 heteroatoms. The summed E-state index contributed by atoms with van der Waals surface area (Å²) in [5.74, 6) is -0.382. The smallest absolute Gasteiger partial charge is 0.354 e. The molecule has 2 aliphatic rings. The van der Waals surface area contributed by atoms with Crippen LogP contribution in [0.15, 0.2) is 12.4 Å². The predicted molar refractivity (Wildman–Crippen MR) is 58.9 cm³/mol. The fourth-order valence-corrected chi connectivity index (χ4v) is 2.76. The van der Waals surface area contributed by atoms with Crippen LogP contribution in [0, 0.1) is 5.41 Å². The highest BCUT2D eigenvalue weighted by atomic mass is 16.4. The van der Waals surface area contributed by atoms with Gasteiger partial charge < -0.3 is 15.1 Å². The first-order valence-corrected chi connectivity index (χ1v) is 5.56. The number of carbonyl (C=O) groups is 1. The lowest BCUT2D eigenvalue weighted by molar-refractivity contribution is -0.0494. The van der Waals surface area contributed by atoms with E-state index in [1.807, 2.05) is 4.90 Å². The van der Waals surface area contributed by atoms with Crippen molar-refractivity contribution in [2.75, 3.05) is 18.0 Å². The van der Waals surface area contributed by atoms with Crippen LogP contribution in [0.3, 0.4) is 0 Å². The fraction of sp³-hybridized carbons (Fsp3) is 0.545. The summed E-state index contributed by atoms with van der Waals surface area (Å²) in [6, 6.07) is 1.49. The Morgan fingerprint density at radius 2 is 2.12 bits per heavy atom. The van der Waals surface area contributed by atoms with Crippen molar-refractivity contribution in [2.45, 2.75) is 18.9 Å². The zero-order valence-electron chi connectivity index (χ0n) is 9.20. The maximum atomic E-state index is 10.8. The average Bonchev–Trinajstić information content (AvgIpc) is 2.21. The number of nitrogens with zero attached hydrogens (tertiary/aromatic N) is 3. The second-order valence-corrected chi connectivity index (χ2v) is 4.98. The number of aromatic nitrogens is 2. The third kappa shape index (κ3) is 1.64. The van der Waals surface area contributed by atoms with Crippen molar-refractivity contribution < 1.29 is 15.0 Å². The summed E-state index contributed by atoms with van der Waals surface area (Å²) in [7, 11) is 0. The SMILES string of the molecule is O=C(O)c1cc(N2CC3(CC(O)C3)C2)ncn1. The molecule has 1 aromatic rings. The van der Waals surface area contributed by atoms with E-state index in [2.05, 4.69) is 9.97 Å². The molecule has 1 saturated heterocycles. The third-order valence-corrected chi connectivity index (χ3v) is 3.59. The lowest BCUT2D eigenvalue weighted by atomic mass is 9.62. The van der Waals surface area contributed by atoms with Crippen molar-refractivity contribution in [1.82, 2.24) is 9.97 Å². The molecule has 0 atom stereocenters. The van der Waals surface area contributed by atoms with Gasteiger partial charge in [0.1, 0.15) is 12.1 Å². The number of aliphatic hydroxyl groups is 1. The first-order valence-electron chi connectivity index (χ1n) is 5.56. The molecule has 17 heavy (non-hydrogen) atoms. The molecule has 1 saturated carbocycles. The van der Waals surface area contributed by atoms with Gasteiger partial charge in [0.2, 0.25) is 0 Å². The summed E-state index contributed by atoms with van der Waals surface area (Å²) in [5, 5.41) is 18.1. The Labute approximate surface area is 97.9 Å². The molecule has 0 aromatic carbocycles. The zero-order valence-corrected chi connectivity index (χ0v) is 9.20. The molecule has 0 unspecified atom stereocenters. The number of anilines is 1. The van der Waals surface area contributed by atoms with Crippen LogP contribution in [-0.4, -0.2) is 45.3 Å². The van der Waals surface area contributed by atoms with Crippen LogP contribution in [0.5, 0.6) is 0 Å². The second kappa shape index (κ2) is 3.40. The fourth-order valence-electron chi connectivity index (χ4n) is 2.76. The van der Waals surface area contributed by atoms with Crippen LogP contribution in [0.25, 0.3) is 0 Å². The van der Waals surface area contributed by atoms with Gasteiger partial charge in [-0.15, -0.1) is 0 Å². The molecule has 1 aromatic heterocycles. The number of carboxylic acid groups (broad SMARTS) is 1. The Hall–Kier alpha value is -1.69. The summed E-state index contributed by atoms with van der Waals surface area (Å²) < 4.78 is 0. The summed E-state index contributed by atoms with van der Waals surface area (Å²) >= 11 is 0. The van der Waals surface area contributed by atoms with Crippen molar-refractivity contribution in [1.29, 1.82) is 0 Å². The van der Waals surface area contributed by atoms with Crippen LogP contribution in [-0.2, 0) is 0 Å². The van der Waals surface area contributed by atoms with Gasteiger partial charge in [-0.2, -0.15) is 0 Å². The molecule has 6 nitrogen and oxygen atoms in total. The van der Waals surface area contributed by atoms with Gasteiger partial charge in [-0.3, -0.25) is 0 Å². The molecule has 2 fully saturated rings. The van der Waals surface area contributed by atoms with Gasteiger partial charge in [-0.25, -0.2) is 14.8 Å². The summed E-state index contributed by atoms with van der Waals surface area (Å²) in [4.78, 5) is 20.6. The number of rotatable bonds is 2. The number of hydrogen-bond donors (Lipinski definition) is 2. The lowest BCUT2D eigenvalue weighted by Gasteiger charge is -2.58. The highest BCUT2D eigenvalue weighted by molar-refractivity contribution is 5.86. The molecular formula is C11H13N3O3. The highest BCUT2D eigenvalue weighted by Gasteiger charge is 2.52. The number of carboxylic acids is 1. The van der Waals surface area contributed by atoms with E-state index in [0.29, 0.717) is 5.82 Å². The van der Waals surface area contributed by atoms with Crippen LogP contribution < -0.4 is 4.90 Å². The van der Waals surface area contributed by atoms with E-state index >= 15 is 0 Å². The molecule has 1 aliphatic carbocycles. The molecule has 2 N–H and O–H groups in total. The van der Waals surface area contributed by atoms with Crippen molar-refractivity contribution in [3.63, 3.8) is 0 Å². The Kier molecular flexibility index (Phi) is 2.09. The van der Waals surface area contributed by atoms with E-state index in [9.17, 15) is 9.90 Å². The Morgan fingerprint density at radius 3 is 2.71 bits per heavy atom. The van der Waals surface area contributed by atoms with E-state index in [4.69, 9.17) is 5.11 Å². The molecule has 90 valence electrons. The molecule has 1 aliphatic heterocycles. The van der Waals surface area contributed by atoms with Crippen molar-refractivity contribution in [3.8, 4) is 0 Å². The summed E-state index contributed by atoms with van der Waals surface area (Å²) in [5.41, 5.74) is 0.262. The number of hydrogen-bond acceptors (Lipinski definition) is 5. The quantitative estimate of drug-likeness (QED) is 0.758. The maximum absolute atomic E-state index is 10.8. The second-order valence-electron chi connectivity index (χ2n) is 4.98. The van der Waals surface area contributed by atoms with Crippen LogP contribution in [0.1, 0.15) is 23.3 Å². The molecule has 3 rings (SSSR count). The minimum atomic E-state index is -1.04. The monoisotopic (exact) mass is 235 g/mol. The van der Waals surface area contributed by atoms with Gasteiger partial charge in [0, 0.05) is 24.6 Å². The van der Waals surface area contributed by atoms with Gasteiger partial charge in [-0.05, 0) is 12.8 Å². The van der Waals surface area contributed by atoms with Crippen molar-refractivity contribution in [2.24, 2.45) is 5.41 Å². The molecular weight excluding hydrogens is 222 g/mol. The van der Waals surface area contributed by atoms with Gasteiger partial charge in [-0.1, -0.05) is 0 Å². The first-order chi connectivity index (χ1) is 8.08. The Morgan fingerprint density at radius 1 is 1.41 bits per heavy atom. The van der Waals surface area contributed by atoms with Crippen LogP contribution in [0.4, 0.5) is 5.82 Å². The highest BCUT2D eigenvalue weighted by Crippen LogP contribution is 2.49. The predicted octanol–water partition coefficient (Wildman–Crippen LogP) is 0.136. The first kappa shape index (κ1) is 10.5. The maximum Gasteiger partial charge on any atom is 0.354 e. The molecule has 0 bridgehead atoms. The Bertz CT molecular complexity index is 463. The Balaban J connectivity index is 1.70. The van der Waals surface area contributed by atoms with E-state index in [-0.39, 0.29) is 17.2 Å². The molecule has 0 amide bonds. The summed E-state index contributed by atoms with van der Waals surface area (Å²) in [6.07, 6.45) is 2.82. The minimum absolute atomic E-state index is 0.0181. The lowest BCUT2D eigenvalue weighted by Crippen LogP contribution is -2.64. The molecule has 0 radical (unpaired) electrons. The minimum Gasteiger partial charge on any atom is -0.477 e. The van der Waals surface area contributed by atoms with E-state index < -0.39 is 5.97 Å². The molecule has 1 spiro atoms. The third-order valence-electron chi connectivity index (χ3n) is 3.59. The standard InChI is InChI=1S/C11H13N3O3/c15-7-2-11(3-7)4-14(5-11)9-1-8(10(16)17)12-6-13-9/h1,6-7,15H,2-5H2,(H,16,17). The van der Waals surface area contributed by atoms with Crippen molar-refractivity contribution in [3.05, 3.63) is 18.1 Å². The van der Waals surface area contributed by atoms with Gasteiger partial charge in [0.05, 0.1) is 6.10 Å². The normalized spacial score (nSPS) is 22.1. The van der Waals surface area contributed by atoms with Gasteiger partial charge >= 0.3 is 5.97 Å². The zero-order chi connectivity index (χ0) is 12.0. The number of aliphatic hydroxyl groups excluding tert-OH is 1. The van der Waals surface area contributed by atoms with Gasteiger partial charge in [0.25, 0.3) is 0 Å². The largest absolute Gasteiger partial charge is 0.477 e. The topological polar surface area (TPSA) is 86.5 Å². The van der Waals surface area contributed by atoms with Gasteiger partial charge in [0.15, 0.2) is 5.69 Å². The van der Waals surface area contributed by atoms with E-state index in [0.717, 1.165) is 25.9 Å². The van der Waals surface area contributed by atoms with E-state index in [1.54, 1.807) is 0 Å². The molecule has 2 heterocycles. The van der Waals surface area contributed by atoms with E-state index in [1.165, 1.54) is 12.4 Å².